The van der Waals surface area contributed by atoms with Crippen LogP contribution in [0.25, 0.3) is 0 Å². The number of carbonyl (C=O) groups is 2. The average Bonchev–Trinajstić information content (AvgIpc) is 2.16. The van der Waals surface area contributed by atoms with E-state index in [9.17, 15) is 9.59 Å². The van der Waals surface area contributed by atoms with Gasteiger partial charge in [-0.3, -0.25) is 4.79 Å². The Morgan fingerprint density at radius 1 is 1.20 bits per heavy atom. The first-order valence-electron chi connectivity index (χ1n) is 5.31. The molecule has 2 aliphatic rings. The quantitative estimate of drug-likeness (QED) is 0.706. The van der Waals surface area contributed by atoms with Crippen molar-refractivity contribution in [2.24, 2.45) is 5.92 Å². The molecule has 1 amide bonds. The van der Waals surface area contributed by atoms with Gasteiger partial charge in [-0.05, 0) is 19.3 Å². The molecule has 2 saturated heterocycles. The van der Waals surface area contributed by atoms with Crippen molar-refractivity contribution in [3.8, 4) is 0 Å². The molecule has 0 spiro atoms. The third-order valence-corrected chi connectivity index (χ3v) is 3.16. The molecule has 84 valence electrons. The minimum atomic E-state index is -0.887. The molecule has 1 N–H and O–H groups in total. The van der Waals surface area contributed by atoms with E-state index in [1.165, 1.54) is 4.90 Å². The second kappa shape index (κ2) is 4.18. The molecule has 0 radical (unpaired) electrons. The van der Waals surface area contributed by atoms with Crippen molar-refractivity contribution in [2.45, 2.75) is 25.3 Å². The molecule has 1 unspecified atom stereocenters. The van der Waals surface area contributed by atoms with Crippen LogP contribution in [0.2, 0.25) is 0 Å². The molecule has 2 heterocycles. The Kier molecular flexibility index (Phi) is 2.90. The van der Waals surface area contributed by atoms with E-state index in [-0.39, 0.29) is 11.8 Å². The predicted molar refractivity (Wildman–Crippen MR) is 51.3 cm³/mol. The largest absolute Gasteiger partial charge is 0.480 e. The lowest BCUT2D eigenvalue weighted by Gasteiger charge is -2.40. The van der Waals surface area contributed by atoms with E-state index >= 15 is 0 Å². The first kappa shape index (κ1) is 10.4. The zero-order chi connectivity index (χ0) is 10.8. The zero-order valence-electron chi connectivity index (χ0n) is 8.52. The van der Waals surface area contributed by atoms with Gasteiger partial charge in [0.15, 0.2) is 0 Å². The number of likely N-dealkylation sites (tertiary alicyclic amines) is 1. The molecule has 0 aromatic rings. The van der Waals surface area contributed by atoms with Gasteiger partial charge in [-0.2, -0.15) is 0 Å². The monoisotopic (exact) mass is 213 g/mol. The van der Waals surface area contributed by atoms with Gasteiger partial charge >= 0.3 is 5.97 Å². The maximum absolute atomic E-state index is 11.9. The lowest BCUT2D eigenvalue weighted by Crippen LogP contribution is -2.57. The highest BCUT2D eigenvalue weighted by Crippen LogP contribution is 2.24. The molecule has 5 nitrogen and oxygen atoms in total. The number of rotatable bonds is 2. The maximum atomic E-state index is 11.9. The summed E-state index contributed by atoms with van der Waals surface area (Å²) in [4.78, 5) is 24.1. The minimum absolute atomic E-state index is 0.00282. The molecule has 0 aromatic carbocycles. The van der Waals surface area contributed by atoms with Gasteiger partial charge in [0.1, 0.15) is 6.04 Å². The summed E-state index contributed by atoms with van der Waals surface area (Å²) < 4.78 is 5.17. The van der Waals surface area contributed by atoms with Gasteiger partial charge in [0.25, 0.3) is 0 Å². The van der Waals surface area contributed by atoms with Crippen LogP contribution in [-0.2, 0) is 14.3 Å². The highest BCUT2D eigenvalue weighted by Gasteiger charge is 2.40. The highest BCUT2D eigenvalue weighted by molar-refractivity contribution is 5.86. The number of hydrogen-bond donors (Lipinski definition) is 1. The summed E-state index contributed by atoms with van der Waals surface area (Å²) in [6, 6.07) is -0.583. The third kappa shape index (κ3) is 1.97. The highest BCUT2D eigenvalue weighted by atomic mass is 16.5. The van der Waals surface area contributed by atoms with Crippen LogP contribution < -0.4 is 0 Å². The molecule has 1 atom stereocenters. The number of nitrogens with zero attached hydrogens (tertiary/aromatic N) is 1. The van der Waals surface area contributed by atoms with Crippen LogP contribution in [0.5, 0.6) is 0 Å². The van der Waals surface area contributed by atoms with Crippen LogP contribution in [0.4, 0.5) is 0 Å². The lowest BCUT2D eigenvalue weighted by molar-refractivity contribution is -0.160. The van der Waals surface area contributed by atoms with E-state index < -0.39 is 12.0 Å². The Morgan fingerprint density at radius 3 is 2.33 bits per heavy atom. The molecule has 5 heteroatoms. The van der Waals surface area contributed by atoms with Crippen molar-refractivity contribution < 1.29 is 19.4 Å². The van der Waals surface area contributed by atoms with Crippen molar-refractivity contribution in [3.05, 3.63) is 0 Å². The van der Waals surface area contributed by atoms with E-state index in [0.29, 0.717) is 26.2 Å². The number of amides is 1. The van der Waals surface area contributed by atoms with Crippen LogP contribution in [0.3, 0.4) is 0 Å². The molecule has 2 aliphatic heterocycles. The third-order valence-electron chi connectivity index (χ3n) is 3.16. The topological polar surface area (TPSA) is 66.8 Å². The fraction of sp³-hybridized carbons (Fsp3) is 0.800. The van der Waals surface area contributed by atoms with Crippen LogP contribution in [-0.4, -0.2) is 47.7 Å². The summed E-state index contributed by atoms with van der Waals surface area (Å²) in [6.07, 6.45) is 2.04. The molecule has 2 fully saturated rings. The molecule has 0 aliphatic carbocycles. The predicted octanol–water partition coefficient (Wildman–Crippen LogP) is 0.0985. The summed E-state index contributed by atoms with van der Waals surface area (Å²) in [5.74, 6) is -0.917. The van der Waals surface area contributed by atoms with Crippen LogP contribution in [0.1, 0.15) is 19.3 Å². The Hall–Kier alpha value is -1.10. The lowest BCUT2D eigenvalue weighted by atomic mass is 9.94. The zero-order valence-corrected chi connectivity index (χ0v) is 8.52. The Morgan fingerprint density at radius 2 is 1.87 bits per heavy atom. The fourth-order valence-electron chi connectivity index (χ4n) is 2.09. The fourth-order valence-corrected chi connectivity index (χ4v) is 2.09. The van der Waals surface area contributed by atoms with E-state index in [4.69, 9.17) is 9.84 Å². The molecule has 2 rings (SSSR count). The van der Waals surface area contributed by atoms with Crippen molar-refractivity contribution in [1.29, 1.82) is 0 Å². The normalized spacial score (nSPS) is 27.2. The molecule has 0 saturated carbocycles. The van der Waals surface area contributed by atoms with Gasteiger partial charge in [0.2, 0.25) is 5.91 Å². The van der Waals surface area contributed by atoms with E-state index in [2.05, 4.69) is 0 Å². The van der Waals surface area contributed by atoms with Crippen LogP contribution in [0, 0.1) is 5.92 Å². The number of carboxylic acid groups (broad SMARTS) is 1. The summed E-state index contributed by atoms with van der Waals surface area (Å²) in [6.45, 7) is 1.82. The maximum Gasteiger partial charge on any atom is 0.326 e. The first-order valence-corrected chi connectivity index (χ1v) is 5.31. The number of carbonyl (C=O) groups excluding carboxylic acids is 1. The van der Waals surface area contributed by atoms with Gasteiger partial charge in [-0.15, -0.1) is 0 Å². The van der Waals surface area contributed by atoms with Crippen molar-refractivity contribution in [2.75, 3.05) is 19.8 Å². The number of carboxylic acids is 1. The Bertz CT molecular complexity index is 273. The molecule has 0 bridgehead atoms. The number of hydrogen-bond acceptors (Lipinski definition) is 3. The summed E-state index contributed by atoms with van der Waals surface area (Å²) in [5, 5.41) is 8.83. The van der Waals surface area contributed by atoms with E-state index in [0.717, 1.165) is 12.8 Å². The standard InChI is InChI=1S/C10H15NO4/c12-9(7-2-5-15-6-3-7)11-4-1-8(11)10(13)14/h7-8H,1-6H2,(H,13,14). The molecule has 15 heavy (non-hydrogen) atoms. The number of ether oxygens (including phenoxy) is 1. The van der Waals surface area contributed by atoms with Gasteiger partial charge in [-0.1, -0.05) is 0 Å². The average molecular weight is 213 g/mol. The molecule has 0 aromatic heterocycles. The van der Waals surface area contributed by atoms with Crippen molar-refractivity contribution in [3.63, 3.8) is 0 Å². The summed E-state index contributed by atoms with van der Waals surface area (Å²) >= 11 is 0. The molecular formula is C10H15NO4. The van der Waals surface area contributed by atoms with Gasteiger partial charge in [-0.25, -0.2) is 4.79 Å². The van der Waals surface area contributed by atoms with E-state index in [1.807, 2.05) is 0 Å². The SMILES string of the molecule is O=C(O)C1CCN1C(=O)C1CCOCC1. The summed E-state index contributed by atoms with van der Waals surface area (Å²) in [7, 11) is 0. The van der Waals surface area contributed by atoms with Crippen molar-refractivity contribution in [1.82, 2.24) is 4.90 Å². The van der Waals surface area contributed by atoms with Crippen molar-refractivity contribution >= 4 is 11.9 Å². The van der Waals surface area contributed by atoms with E-state index in [1.54, 1.807) is 0 Å². The van der Waals surface area contributed by atoms with Crippen LogP contribution in [0.15, 0.2) is 0 Å². The van der Waals surface area contributed by atoms with Gasteiger partial charge in [0.05, 0.1) is 0 Å². The minimum Gasteiger partial charge on any atom is -0.480 e. The van der Waals surface area contributed by atoms with Crippen LogP contribution >= 0.6 is 0 Å². The van der Waals surface area contributed by atoms with Gasteiger partial charge < -0.3 is 14.7 Å². The Balaban J connectivity index is 1.92. The molecular weight excluding hydrogens is 198 g/mol. The number of aliphatic carboxylic acids is 1. The van der Waals surface area contributed by atoms with Gasteiger partial charge in [0, 0.05) is 25.7 Å². The second-order valence-electron chi connectivity index (χ2n) is 4.06. The second-order valence-corrected chi connectivity index (χ2v) is 4.06. The smallest absolute Gasteiger partial charge is 0.326 e. The first-order chi connectivity index (χ1) is 7.20. The Labute approximate surface area is 88.0 Å². The summed E-state index contributed by atoms with van der Waals surface area (Å²) in [5.41, 5.74) is 0.